The third-order valence-electron chi connectivity index (χ3n) is 3.59. The molecule has 2 amide bonds. The van der Waals surface area contributed by atoms with Gasteiger partial charge in [-0.15, -0.1) is 0 Å². The Morgan fingerprint density at radius 3 is 2.29 bits per heavy atom. The molecule has 1 rings (SSSR count). The maximum atomic E-state index is 12.6. The van der Waals surface area contributed by atoms with Crippen LogP contribution in [0.2, 0.25) is 0 Å². The van der Waals surface area contributed by atoms with Crippen LogP contribution >= 0.6 is 0 Å². The van der Waals surface area contributed by atoms with Gasteiger partial charge in [0.15, 0.2) is 0 Å². The van der Waals surface area contributed by atoms with Crippen LogP contribution in [-0.2, 0) is 4.79 Å². The minimum Gasteiger partial charge on any atom is -0.336 e. The topological polar surface area (TPSA) is 49.4 Å². The van der Waals surface area contributed by atoms with E-state index >= 15 is 0 Å². The zero-order valence-corrected chi connectivity index (χ0v) is 13.5. The molecule has 0 aromatic heterocycles. The molecule has 0 aliphatic carbocycles. The molecule has 0 saturated carbocycles. The zero-order valence-electron chi connectivity index (χ0n) is 13.5. The predicted molar refractivity (Wildman–Crippen MR) is 86.4 cm³/mol. The molecule has 0 radical (unpaired) electrons. The highest BCUT2D eigenvalue weighted by Crippen LogP contribution is 2.15. The van der Waals surface area contributed by atoms with Crippen molar-refractivity contribution in [2.45, 2.75) is 53.0 Å². The summed E-state index contributed by atoms with van der Waals surface area (Å²) in [5.41, 5.74) is 1.38. The number of nitrogens with one attached hydrogen (secondary N) is 1. The first-order chi connectivity index (χ1) is 9.99. The minimum atomic E-state index is -0.113. The molecule has 1 aromatic carbocycles. The molecule has 1 aromatic rings. The van der Waals surface area contributed by atoms with Crippen molar-refractivity contribution in [1.29, 1.82) is 0 Å². The number of amides is 2. The Labute approximate surface area is 127 Å². The molecule has 0 spiro atoms. The van der Waals surface area contributed by atoms with Crippen molar-refractivity contribution in [1.82, 2.24) is 4.90 Å². The van der Waals surface area contributed by atoms with Crippen LogP contribution in [0.25, 0.3) is 0 Å². The Morgan fingerprint density at radius 2 is 1.81 bits per heavy atom. The summed E-state index contributed by atoms with van der Waals surface area (Å²) in [5.74, 6) is -0.0505. The van der Waals surface area contributed by atoms with Crippen molar-refractivity contribution < 1.29 is 9.59 Å². The average Bonchev–Trinajstić information content (AvgIpc) is 2.47. The standard InChI is InChI=1S/C17H26N2O2/c1-5-7-12-19(13(3)6-2)17(21)15-8-10-16(11-9-15)18-14(4)20/h8-11,13H,5-7,12H2,1-4H3,(H,18,20). The number of carbonyl (C=O) groups excluding carboxylic acids is 2. The van der Waals surface area contributed by atoms with E-state index < -0.39 is 0 Å². The summed E-state index contributed by atoms with van der Waals surface area (Å²) >= 11 is 0. The van der Waals surface area contributed by atoms with Crippen LogP contribution in [0.15, 0.2) is 24.3 Å². The smallest absolute Gasteiger partial charge is 0.254 e. The monoisotopic (exact) mass is 290 g/mol. The first-order valence-corrected chi connectivity index (χ1v) is 7.68. The number of hydrogen-bond donors (Lipinski definition) is 1. The maximum absolute atomic E-state index is 12.6. The fourth-order valence-electron chi connectivity index (χ4n) is 2.14. The quantitative estimate of drug-likeness (QED) is 0.832. The highest BCUT2D eigenvalue weighted by molar-refractivity contribution is 5.95. The molecular weight excluding hydrogens is 264 g/mol. The van der Waals surface area contributed by atoms with Gasteiger partial charge in [0.25, 0.3) is 5.91 Å². The second kappa shape index (κ2) is 8.45. The molecule has 21 heavy (non-hydrogen) atoms. The van der Waals surface area contributed by atoms with Crippen LogP contribution in [-0.4, -0.2) is 29.3 Å². The summed E-state index contributed by atoms with van der Waals surface area (Å²) in [5, 5.41) is 2.70. The van der Waals surface area contributed by atoms with Gasteiger partial charge in [-0.2, -0.15) is 0 Å². The number of unbranched alkanes of at least 4 members (excludes halogenated alkanes) is 1. The molecule has 4 nitrogen and oxygen atoms in total. The zero-order chi connectivity index (χ0) is 15.8. The van der Waals surface area contributed by atoms with Gasteiger partial charge in [0.05, 0.1) is 0 Å². The van der Waals surface area contributed by atoms with Gasteiger partial charge >= 0.3 is 0 Å². The Bertz CT molecular complexity index is 468. The SMILES string of the molecule is CCCCN(C(=O)c1ccc(NC(C)=O)cc1)C(C)CC. The van der Waals surface area contributed by atoms with Crippen molar-refractivity contribution >= 4 is 17.5 Å². The highest BCUT2D eigenvalue weighted by Gasteiger charge is 2.19. The van der Waals surface area contributed by atoms with Crippen LogP contribution in [0.1, 0.15) is 57.3 Å². The Balaban J connectivity index is 2.84. The van der Waals surface area contributed by atoms with E-state index in [0.29, 0.717) is 11.3 Å². The van der Waals surface area contributed by atoms with Crippen LogP contribution in [0, 0.1) is 0 Å². The van der Waals surface area contributed by atoms with E-state index in [1.807, 2.05) is 4.90 Å². The van der Waals surface area contributed by atoms with E-state index in [1.54, 1.807) is 24.3 Å². The Kier molecular flexibility index (Phi) is 6.92. The van der Waals surface area contributed by atoms with E-state index in [0.717, 1.165) is 25.8 Å². The molecule has 0 saturated heterocycles. The second-order valence-corrected chi connectivity index (χ2v) is 5.37. The van der Waals surface area contributed by atoms with Crippen LogP contribution in [0.4, 0.5) is 5.69 Å². The van der Waals surface area contributed by atoms with E-state index in [1.165, 1.54) is 6.92 Å². The molecule has 0 fully saturated rings. The lowest BCUT2D eigenvalue weighted by atomic mass is 10.1. The van der Waals surface area contributed by atoms with E-state index in [2.05, 4.69) is 26.1 Å². The van der Waals surface area contributed by atoms with Crippen LogP contribution in [0.3, 0.4) is 0 Å². The Morgan fingerprint density at radius 1 is 1.19 bits per heavy atom. The van der Waals surface area contributed by atoms with Crippen molar-refractivity contribution in [3.8, 4) is 0 Å². The number of nitrogens with zero attached hydrogens (tertiary/aromatic N) is 1. The molecule has 0 aliphatic rings. The molecule has 1 N–H and O–H groups in total. The summed E-state index contributed by atoms with van der Waals surface area (Å²) in [6, 6.07) is 7.31. The molecule has 116 valence electrons. The molecular formula is C17H26N2O2. The largest absolute Gasteiger partial charge is 0.336 e. The molecule has 1 unspecified atom stereocenters. The maximum Gasteiger partial charge on any atom is 0.254 e. The van der Waals surface area contributed by atoms with Gasteiger partial charge in [-0.1, -0.05) is 20.3 Å². The lowest BCUT2D eigenvalue weighted by molar-refractivity contribution is -0.114. The molecule has 0 heterocycles. The van der Waals surface area contributed by atoms with Crippen molar-refractivity contribution in [3.63, 3.8) is 0 Å². The summed E-state index contributed by atoms with van der Waals surface area (Å²) in [6.07, 6.45) is 3.03. The summed E-state index contributed by atoms with van der Waals surface area (Å²) in [4.78, 5) is 25.6. The minimum absolute atomic E-state index is 0.0622. The number of anilines is 1. The molecule has 4 heteroatoms. The summed E-state index contributed by atoms with van der Waals surface area (Å²) in [7, 11) is 0. The van der Waals surface area contributed by atoms with Gasteiger partial charge in [-0.3, -0.25) is 9.59 Å². The lowest BCUT2D eigenvalue weighted by Gasteiger charge is -2.28. The van der Waals surface area contributed by atoms with Gasteiger partial charge in [0.2, 0.25) is 5.91 Å². The molecule has 0 bridgehead atoms. The van der Waals surface area contributed by atoms with Gasteiger partial charge in [0.1, 0.15) is 0 Å². The van der Waals surface area contributed by atoms with Crippen molar-refractivity contribution in [2.24, 2.45) is 0 Å². The van der Waals surface area contributed by atoms with E-state index in [-0.39, 0.29) is 17.9 Å². The number of carbonyl (C=O) groups is 2. The van der Waals surface area contributed by atoms with Crippen LogP contribution < -0.4 is 5.32 Å². The van der Waals surface area contributed by atoms with Gasteiger partial charge in [0, 0.05) is 30.8 Å². The average molecular weight is 290 g/mol. The lowest BCUT2D eigenvalue weighted by Crippen LogP contribution is -2.39. The predicted octanol–water partition coefficient (Wildman–Crippen LogP) is 3.69. The highest BCUT2D eigenvalue weighted by atomic mass is 16.2. The molecule has 0 aliphatic heterocycles. The van der Waals surface area contributed by atoms with Crippen molar-refractivity contribution in [2.75, 3.05) is 11.9 Å². The second-order valence-electron chi connectivity index (χ2n) is 5.37. The van der Waals surface area contributed by atoms with Gasteiger partial charge < -0.3 is 10.2 Å². The first kappa shape index (κ1) is 17.2. The van der Waals surface area contributed by atoms with E-state index in [9.17, 15) is 9.59 Å². The molecule has 1 atom stereocenters. The van der Waals surface area contributed by atoms with E-state index in [4.69, 9.17) is 0 Å². The van der Waals surface area contributed by atoms with Crippen LogP contribution in [0.5, 0.6) is 0 Å². The normalized spacial score (nSPS) is 11.8. The summed E-state index contributed by atoms with van der Waals surface area (Å²) < 4.78 is 0. The third kappa shape index (κ3) is 5.21. The summed E-state index contributed by atoms with van der Waals surface area (Å²) in [6.45, 7) is 8.56. The number of rotatable bonds is 7. The van der Waals surface area contributed by atoms with Crippen molar-refractivity contribution in [3.05, 3.63) is 29.8 Å². The third-order valence-corrected chi connectivity index (χ3v) is 3.59. The van der Waals surface area contributed by atoms with Gasteiger partial charge in [-0.25, -0.2) is 0 Å². The number of hydrogen-bond acceptors (Lipinski definition) is 2. The fourth-order valence-corrected chi connectivity index (χ4v) is 2.14. The fraction of sp³-hybridized carbons (Fsp3) is 0.529. The first-order valence-electron chi connectivity index (χ1n) is 7.68. The number of benzene rings is 1. The Hall–Kier alpha value is -1.84. The van der Waals surface area contributed by atoms with Gasteiger partial charge in [-0.05, 0) is 44.0 Å².